The van der Waals surface area contributed by atoms with Gasteiger partial charge in [-0.15, -0.1) is 0 Å². The lowest BCUT2D eigenvalue weighted by Crippen LogP contribution is -2.38. The molecule has 2 aromatic carbocycles. The van der Waals surface area contributed by atoms with Crippen LogP contribution >= 0.6 is 0 Å². The Morgan fingerprint density at radius 2 is 1.93 bits per heavy atom. The molecule has 0 spiro atoms. The highest BCUT2D eigenvalue weighted by Crippen LogP contribution is 2.27. The van der Waals surface area contributed by atoms with E-state index in [1.54, 1.807) is 25.3 Å². The molecule has 3 rings (SSSR count). The van der Waals surface area contributed by atoms with Gasteiger partial charge in [-0.1, -0.05) is 18.2 Å². The molecule has 1 aliphatic heterocycles. The minimum absolute atomic E-state index is 0.149. The van der Waals surface area contributed by atoms with Crippen molar-refractivity contribution in [2.45, 2.75) is 25.8 Å². The molecule has 152 valence electrons. The number of hydrogen-bond donors (Lipinski definition) is 1. The third-order valence-corrected chi connectivity index (χ3v) is 5.58. The van der Waals surface area contributed by atoms with Crippen LogP contribution in [0.15, 0.2) is 42.5 Å². The van der Waals surface area contributed by atoms with Gasteiger partial charge in [0.15, 0.2) is 11.5 Å². The Kier molecular flexibility index (Phi) is 7.29. The van der Waals surface area contributed by atoms with Crippen molar-refractivity contribution in [2.75, 3.05) is 40.3 Å². The second-order valence-electron chi connectivity index (χ2n) is 7.87. The number of halogens is 1. The fourth-order valence-corrected chi connectivity index (χ4v) is 4.02. The van der Waals surface area contributed by atoms with Crippen molar-refractivity contribution in [3.05, 3.63) is 59.4 Å². The maximum atomic E-state index is 13.3. The summed E-state index contributed by atoms with van der Waals surface area (Å²) in [6.07, 6.45) is 3.30. The number of hydrogen-bond acceptors (Lipinski definition) is 4. The maximum absolute atomic E-state index is 13.3. The van der Waals surface area contributed by atoms with Crippen molar-refractivity contribution >= 4 is 0 Å². The van der Waals surface area contributed by atoms with E-state index in [2.05, 4.69) is 16.8 Å². The highest BCUT2D eigenvalue weighted by Gasteiger charge is 2.20. The first-order valence-corrected chi connectivity index (χ1v) is 10.0. The monoisotopic (exact) mass is 386 g/mol. The third-order valence-electron chi connectivity index (χ3n) is 5.58. The van der Waals surface area contributed by atoms with Gasteiger partial charge in [-0.25, -0.2) is 4.39 Å². The topological polar surface area (TPSA) is 35.9 Å². The molecule has 1 heterocycles. The molecule has 2 aromatic rings. The van der Waals surface area contributed by atoms with Gasteiger partial charge in [0.25, 0.3) is 0 Å². The number of methoxy groups -OCH3 is 1. The Hall–Kier alpha value is -2.11. The summed E-state index contributed by atoms with van der Waals surface area (Å²) in [6.45, 7) is 5.09. The van der Waals surface area contributed by atoms with Crippen LogP contribution in [0.2, 0.25) is 0 Å². The zero-order valence-electron chi connectivity index (χ0n) is 16.9. The second kappa shape index (κ2) is 9.89. The molecule has 0 radical (unpaired) electrons. The van der Waals surface area contributed by atoms with Crippen LogP contribution in [0.25, 0.3) is 0 Å². The van der Waals surface area contributed by atoms with Gasteiger partial charge in [0.05, 0.1) is 7.11 Å². The number of likely N-dealkylation sites (tertiary alicyclic amines) is 1. The van der Waals surface area contributed by atoms with Gasteiger partial charge in [0, 0.05) is 19.6 Å². The Morgan fingerprint density at radius 1 is 1.14 bits per heavy atom. The molecule has 0 unspecified atom stereocenters. The van der Waals surface area contributed by atoms with Crippen molar-refractivity contribution in [3.8, 4) is 11.5 Å². The first-order chi connectivity index (χ1) is 13.5. The summed E-state index contributed by atoms with van der Waals surface area (Å²) >= 11 is 0. The van der Waals surface area contributed by atoms with Crippen LogP contribution in [0, 0.1) is 11.7 Å². The predicted octanol–water partition coefficient (Wildman–Crippen LogP) is 3.93. The SMILES string of the molecule is COc1ccc(CN(C)CC2CCN(CCc3cccc(F)c3)CC2)cc1O. The van der Waals surface area contributed by atoms with E-state index < -0.39 is 0 Å². The molecule has 4 nitrogen and oxygen atoms in total. The van der Waals surface area contributed by atoms with Gasteiger partial charge < -0.3 is 19.6 Å². The molecule has 1 aliphatic rings. The summed E-state index contributed by atoms with van der Waals surface area (Å²) in [5.41, 5.74) is 2.16. The van der Waals surface area contributed by atoms with Crippen molar-refractivity contribution in [3.63, 3.8) is 0 Å². The zero-order chi connectivity index (χ0) is 19.9. The van der Waals surface area contributed by atoms with E-state index >= 15 is 0 Å². The minimum Gasteiger partial charge on any atom is -0.504 e. The van der Waals surface area contributed by atoms with Crippen molar-refractivity contribution in [2.24, 2.45) is 5.92 Å². The second-order valence-corrected chi connectivity index (χ2v) is 7.87. The van der Waals surface area contributed by atoms with Gasteiger partial charge in [-0.05, 0) is 80.7 Å². The molecule has 1 saturated heterocycles. The molecule has 0 bridgehead atoms. The van der Waals surface area contributed by atoms with Gasteiger partial charge in [0.1, 0.15) is 5.82 Å². The molecular formula is C23H31FN2O2. The summed E-state index contributed by atoms with van der Waals surface area (Å²) < 4.78 is 18.4. The molecule has 28 heavy (non-hydrogen) atoms. The van der Waals surface area contributed by atoms with Crippen molar-refractivity contribution in [1.82, 2.24) is 9.80 Å². The standard InChI is InChI=1S/C23H31FN2O2/c1-25(17-20-6-7-23(28-2)22(27)15-20)16-19-9-12-26(13-10-19)11-8-18-4-3-5-21(24)14-18/h3-7,14-15,19,27H,8-13,16-17H2,1-2H3. The van der Waals surface area contributed by atoms with E-state index in [0.29, 0.717) is 11.7 Å². The lowest BCUT2D eigenvalue weighted by molar-refractivity contribution is 0.153. The summed E-state index contributed by atoms with van der Waals surface area (Å²) in [5, 5.41) is 9.93. The van der Waals surface area contributed by atoms with E-state index in [-0.39, 0.29) is 11.6 Å². The van der Waals surface area contributed by atoms with Crippen LogP contribution < -0.4 is 4.74 Å². The van der Waals surface area contributed by atoms with E-state index in [4.69, 9.17) is 4.74 Å². The van der Waals surface area contributed by atoms with E-state index in [9.17, 15) is 9.50 Å². The molecule has 0 amide bonds. The lowest BCUT2D eigenvalue weighted by Gasteiger charge is -2.34. The Bertz CT molecular complexity index is 760. The number of piperidine rings is 1. The summed E-state index contributed by atoms with van der Waals surface area (Å²) in [7, 11) is 3.70. The fraction of sp³-hybridized carbons (Fsp3) is 0.478. The van der Waals surface area contributed by atoms with Crippen LogP contribution in [0.4, 0.5) is 4.39 Å². The van der Waals surface area contributed by atoms with Gasteiger partial charge in [-0.3, -0.25) is 0 Å². The Morgan fingerprint density at radius 3 is 2.61 bits per heavy atom. The van der Waals surface area contributed by atoms with Gasteiger partial charge >= 0.3 is 0 Å². The Labute approximate surface area is 167 Å². The lowest BCUT2D eigenvalue weighted by atomic mass is 9.95. The largest absolute Gasteiger partial charge is 0.504 e. The zero-order valence-corrected chi connectivity index (χ0v) is 16.9. The summed E-state index contributed by atoms with van der Waals surface area (Å²) in [5.74, 6) is 1.25. The highest BCUT2D eigenvalue weighted by atomic mass is 19.1. The molecule has 0 aliphatic carbocycles. The fourth-order valence-electron chi connectivity index (χ4n) is 4.02. The van der Waals surface area contributed by atoms with Crippen LogP contribution in [-0.4, -0.2) is 55.2 Å². The maximum Gasteiger partial charge on any atom is 0.160 e. The van der Waals surface area contributed by atoms with Crippen LogP contribution in [0.5, 0.6) is 11.5 Å². The smallest absolute Gasteiger partial charge is 0.160 e. The molecule has 0 atom stereocenters. The molecular weight excluding hydrogens is 355 g/mol. The van der Waals surface area contributed by atoms with Crippen LogP contribution in [0.1, 0.15) is 24.0 Å². The normalized spacial score (nSPS) is 15.9. The minimum atomic E-state index is -0.149. The predicted molar refractivity (Wildman–Crippen MR) is 110 cm³/mol. The number of phenolic OH excluding ortho intramolecular Hbond substituents is 1. The number of phenols is 1. The van der Waals surface area contributed by atoms with Crippen molar-refractivity contribution in [1.29, 1.82) is 0 Å². The number of aromatic hydroxyl groups is 1. The van der Waals surface area contributed by atoms with E-state index in [0.717, 1.165) is 50.3 Å². The molecule has 5 heteroatoms. The average Bonchev–Trinajstić information content (AvgIpc) is 2.68. The number of rotatable bonds is 8. The summed E-state index contributed by atoms with van der Waals surface area (Å²) in [4.78, 5) is 4.82. The number of benzene rings is 2. The van der Waals surface area contributed by atoms with Crippen LogP contribution in [-0.2, 0) is 13.0 Å². The van der Waals surface area contributed by atoms with E-state index in [1.165, 1.54) is 18.9 Å². The molecule has 1 fully saturated rings. The Balaban J connectivity index is 1.39. The van der Waals surface area contributed by atoms with Gasteiger partial charge in [0.2, 0.25) is 0 Å². The molecule has 0 aromatic heterocycles. The summed E-state index contributed by atoms with van der Waals surface area (Å²) in [6, 6.07) is 12.5. The molecule has 0 saturated carbocycles. The van der Waals surface area contributed by atoms with Gasteiger partial charge in [-0.2, -0.15) is 0 Å². The quantitative estimate of drug-likeness (QED) is 0.746. The van der Waals surface area contributed by atoms with E-state index in [1.807, 2.05) is 18.2 Å². The third kappa shape index (κ3) is 5.94. The average molecular weight is 387 g/mol. The first kappa shape index (κ1) is 20.6. The first-order valence-electron chi connectivity index (χ1n) is 10.0. The molecule has 1 N–H and O–H groups in total. The van der Waals surface area contributed by atoms with Crippen LogP contribution in [0.3, 0.4) is 0 Å². The number of ether oxygens (including phenoxy) is 1. The number of nitrogens with zero attached hydrogens (tertiary/aromatic N) is 2. The van der Waals surface area contributed by atoms with Crippen molar-refractivity contribution < 1.29 is 14.2 Å². The highest BCUT2D eigenvalue weighted by molar-refractivity contribution is 5.41.